The van der Waals surface area contributed by atoms with Crippen molar-refractivity contribution in [3.05, 3.63) is 128 Å². The van der Waals surface area contributed by atoms with Gasteiger partial charge < -0.3 is 42.6 Å². The van der Waals surface area contributed by atoms with Crippen LogP contribution in [0.2, 0.25) is 0 Å². The molecule has 400 valence electrons. The van der Waals surface area contributed by atoms with Crippen molar-refractivity contribution in [3.63, 3.8) is 0 Å². The first-order chi connectivity index (χ1) is 35.9. The molecule has 6 aromatic rings. The van der Waals surface area contributed by atoms with Gasteiger partial charge in [0, 0.05) is 56.7 Å². The Morgan fingerprint density at radius 3 is 1.34 bits per heavy atom. The third kappa shape index (κ3) is 13.5. The van der Waals surface area contributed by atoms with Gasteiger partial charge in [-0.1, -0.05) is 56.1 Å². The van der Waals surface area contributed by atoms with Crippen LogP contribution >= 0.6 is 31.9 Å². The molecular formula is C52H59Br2N13O9. The van der Waals surface area contributed by atoms with E-state index in [1.807, 2.05) is 0 Å². The van der Waals surface area contributed by atoms with Crippen molar-refractivity contribution in [2.24, 2.45) is 5.73 Å². The average molecular weight is 1170 g/mol. The standard InChI is InChI=1S/C26H30BrN7O4.C26H29BrN6O5/c1-26(2,3)38-25(37)33-13-5-4-6-18(33)23-32-20(21(22(28)35)34(23)29)15-7-9-16(10-8-15)24(36)31-19-14-17(27)11-12-30-19;1-26(2,3)38-25(37)32-13-5-4-6-18(32)22-31-20(21(24(35)36)33(22)28)15-7-9-16(10-8-15)23(34)30-19-14-17(27)11-12-29-19/h7-12,14,18H,4-6,13,29H2,1-3H3,(H2,28,35)(H,30,31,36);7-12,14,18H,4-6,13,28H2,1-3H3,(H,35,36)(H,29,30,34)/t2*18-/m00/s1. The number of nitrogens with two attached hydrogens (primary N) is 3. The lowest BCUT2D eigenvalue weighted by atomic mass is 10.0. The van der Waals surface area contributed by atoms with Crippen LogP contribution in [0.25, 0.3) is 22.5 Å². The Balaban J connectivity index is 0.000000221. The fraction of sp³-hybridized carbons (Fsp3) is 0.346. The normalized spacial score (nSPS) is 15.7. The number of aromatic carboxylic acids is 1. The topological polar surface area (TPSA) is 311 Å². The predicted molar refractivity (Wildman–Crippen MR) is 290 cm³/mol. The molecule has 2 aliphatic rings. The van der Waals surface area contributed by atoms with E-state index in [2.05, 4.69) is 62.4 Å². The van der Waals surface area contributed by atoms with Crippen molar-refractivity contribution >= 4 is 79.4 Å². The van der Waals surface area contributed by atoms with Gasteiger partial charge in [0.05, 0.1) is 12.1 Å². The van der Waals surface area contributed by atoms with Crippen LogP contribution in [0.3, 0.4) is 0 Å². The number of nitrogens with zero attached hydrogens (tertiary/aromatic N) is 8. The van der Waals surface area contributed by atoms with E-state index in [0.717, 1.165) is 44.0 Å². The Labute approximate surface area is 454 Å². The number of anilines is 2. The van der Waals surface area contributed by atoms with Gasteiger partial charge in [0.15, 0.2) is 23.0 Å². The molecule has 0 bridgehead atoms. The highest BCUT2D eigenvalue weighted by Gasteiger charge is 2.38. The van der Waals surface area contributed by atoms with Crippen molar-refractivity contribution in [1.29, 1.82) is 0 Å². The molecule has 0 aliphatic carbocycles. The summed E-state index contributed by atoms with van der Waals surface area (Å²) in [5, 5.41) is 15.4. The average Bonchev–Trinajstić information content (AvgIpc) is 3.89. The van der Waals surface area contributed by atoms with Crippen LogP contribution in [0.5, 0.6) is 0 Å². The fourth-order valence-corrected chi connectivity index (χ4v) is 9.24. The van der Waals surface area contributed by atoms with Gasteiger partial charge in [-0.15, -0.1) is 0 Å². The van der Waals surface area contributed by atoms with E-state index < -0.39 is 47.3 Å². The molecule has 4 aromatic heterocycles. The summed E-state index contributed by atoms with van der Waals surface area (Å²) in [6.45, 7) is 11.7. The van der Waals surface area contributed by atoms with Gasteiger partial charge in [0.2, 0.25) is 0 Å². The minimum atomic E-state index is -1.26. The Bertz CT molecular complexity index is 2940. The number of carbonyl (C=O) groups excluding carboxylic acids is 5. The largest absolute Gasteiger partial charge is 0.476 e. The number of nitrogen functional groups attached to an aromatic ring is 2. The summed E-state index contributed by atoms with van der Waals surface area (Å²) in [5.41, 5.74) is 6.28. The summed E-state index contributed by atoms with van der Waals surface area (Å²) in [4.78, 5) is 96.5. The van der Waals surface area contributed by atoms with Crippen LogP contribution in [-0.2, 0) is 9.47 Å². The van der Waals surface area contributed by atoms with E-state index in [1.165, 1.54) is 0 Å². The number of carbonyl (C=O) groups is 6. The molecule has 76 heavy (non-hydrogen) atoms. The number of benzene rings is 2. The zero-order valence-corrected chi connectivity index (χ0v) is 45.8. The number of ether oxygens (including phenoxy) is 2. The molecule has 2 aliphatic heterocycles. The summed E-state index contributed by atoms with van der Waals surface area (Å²) in [5.74, 6) is 11.2. The molecule has 24 heteroatoms. The van der Waals surface area contributed by atoms with E-state index in [0.29, 0.717) is 65.6 Å². The Kier molecular flexibility index (Phi) is 17.2. The Morgan fingerprint density at radius 1 is 0.605 bits per heavy atom. The monoisotopic (exact) mass is 1170 g/mol. The molecule has 6 heterocycles. The van der Waals surface area contributed by atoms with Gasteiger partial charge in [-0.3, -0.25) is 24.2 Å². The molecule has 22 nitrogen and oxygen atoms in total. The van der Waals surface area contributed by atoms with E-state index in [1.54, 1.807) is 137 Å². The molecule has 0 saturated carbocycles. The molecule has 2 atom stereocenters. The number of carboxylic acid groups (broad SMARTS) is 1. The first kappa shape index (κ1) is 55.9. The molecular weight excluding hydrogens is 1110 g/mol. The van der Waals surface area contributed by atoms with Gasteiger partial charge in [-0.2, -0.15) is 0 Å². The van der Waals surface area contributed by atoms with Gasteiger partial charge >= 0.3 is 18.2 Å². The first-order valence-electron chi connectivity index (χ1n) is 24.2. The summed E-state index contributed by atoms with van der Waals surface area (Å²) in [6, 6.07) is 18.7. The molecule has 0 unspecified atom stereocenters. The van der Waals surface area contributed by atoms with Crippen molar-refractivity contribution in [2.45, 2.75) is 103 Å². The number of likely N-dealkylation sites (tertiary alicyclic amines) is 2. The number of hydrogen-bond donors (Lipinski definition) is 6. The lowest BCUT2D eigenvalue weighted by Gasteiger charge is -2.36. The van der Waals surface area contributed by atoms with Crippen LogP contribution in [0.1, 0.15) is 145 Å². The van der Waals surface area contributed by atoms with Gasteiger partial charge in [-0.05, 0) is 129 Å². The number of aromatic nitrogens is 6. The van der Waals surface area contributed by atoms with Gasteiger partial charge in [0.25, 0.3) is 17.7 Å². The smallest absolute Gasteiger partial charge is 0.410 e. The number of halogens is 2. The van der Waals surface area contributed by atoms with E-state index >= 15 is 0 Å². The molecule has 5 amide bonds. The van der Waals surface area contributed by atoms with Gasteiger partial charge in [-0.25, -0.2) is 43.7 Å². The van der Waals surface area contributed by atoms with Crippen molar-refractivity contribution in [2.75, 3.05) is 35.4 Å². The Morgan fingerprint density at radius 2 is 0.987 bits per heavy atom. The zero-order chi connectivity index (χ0) is 55.2. The van der Waals surface area contributed by atoms with Crippen LogP contribution in [-0.4, -0.2) is 104 Å². The second-order valence-electron chi connectivity index (χ2n) is 19.9. The van der Waals surface area contributed by atoms with Crippen molar-refractivity contribution in [3.8, 4) is 22.5 Å². The number of carboxylic acids is 1. The molecule has 0 spiro atoms. The number of primary amides is 1. The van der Waals surface area contributed by atoms with Crippen LogP contribution in [0, 0.1) is 0 Å². The zero-order valence-electron chi connectivity index (χ0n) is 42.7. The van der Waals surface area contributed by atoms with E-state index in [-0.39, 0.29) is 40.4 Å². The number of imidazole rings is 2. The van der Waals surface area contributed by atoms with Gasteiger partial charge in [0.1, 0.15) is 34.2 Å². The van der Waals surface area contributed by atoms with E-state index in [4.69, 9.17) is 26.9 Å². The number of hydrogen-bond acceptors (Lipinski definition) is 14. The number of nitrogens with one attached hydrogen (secondary N) is 2. The van der Waals surface area contributed by atoms with Crippen molar-refractivity contribution < 1.29 is 43.3 Å². The molecule has 2 fully saturated rings. The maximum Gasteiger partial charge on any atom is 0.410 e. The molecule has 9 N–H and O–H groups in total. The quantitative estimate of drug-likeness (QED) is 0.0697. The summed E-state index contributed by atoms with van der Waals surface area (Å²) in [7, 11) is 0. The summed E-state index contributed by atoms with van der Waals surface area (Å²) in [6.07, 6.45) is 6.62. The molecule has 0 radical (unpaired) electrons. The number of pyridine rings is 2. The predicted octanol–water partition coefficient (Wildman–Crippen LogP) is 9.07. The third-order valence-corrected chi connectivity index (χ3v) is 12.9. The maximum absolute atomic E-state index is 12.9. The van der Waals surface area contributed by atoms with Crippen LogP contribution < -0.4 is 28.1 Å². The van der Waals surface area contributed by atoms with Crippen LogP contribution in [0.15, 0.2) is 94.1 Å². The highest BCUT2D eigenvalue weighted by molar-refractivity contribution is 9.10. The second-order valence-corrected chi connectivity index (χ2v) is 21.7. The lowest BCUT2D eigenvalue weighted by Crippen LogP contribution is -2.43. The summed E-state index contributed by atoms with van der Waals surface area (Å²) < 4.78 is 14.9. The maximum atomic E-state index is 12.9. The summed E-state index contributed by atoms with van der Waals surface area (Å²) >= 11 is 6.68. The number of amides is 5. The SMILES string of the molecule is CC(C)(C)OC(=O)N1CCCC[C@H]1c1nc(-c2ccc(C(=O)Nc3cc(Br)ccn3)cc2)c(C(=O)O)n1N.CC(C)(C)OC(=O)N1CCCC[C@H]1c1nc(-c2ccc(C(=O)Nc3cc(Br)ccn3)cc2)c(C(N)=O)n1N. The van der Waals surface area contributed by atoms with E-state index in [9.17, 15) is 33.9 Å². The third-order valence-electron chi connectivity index (χ3n) is 11.9. The van der Waals surface area contributed by atoms with Crippen molar-refractivity contribution in [1.82, 2.24) is 39.1 Å². The Hall–Kier alpha value is -7.86. The second kappa shape index (κ2) is 23.4. The highest BCUT2D eigenvalue weighted by Crippen LogP contribution is 2.37. The minimum absolute atomic E-state index is 0.00486. The lowest BCUT2D eigenvalue weighted by molar-refractivity contribution is 0.00723. The molecule has 2 saturated heterocycles. The number of rotatable bonds is 10. The highest BCUT2D eigenvalue weighted by atomic mass is 79.9. The van der Waals surface area contributed by atoms with Crippen LogP contribution in [0.4, 0.5) is 21.2 Å². The first-order valence-corrected chi connectivity index (χ1v) is 25.8. The molecule has 2 aromatic carbocycles. The number of piperidine rings is 2. The minimum Gasteiger partial charge on any atom is -0.476 e. The fourth-order valence-electron chi connectivity index (χ4n) is 8.57. The molecule has 8 rings (SSSR count).